The number of anilines is 2. The molecule has 3 aromatic rings. The number of nitrogens with one attached hydrogen (secondary N) is 1. The summed E-state index contributed by atoms with van der Waals surface area (Å²) in [6.45, 7) is 4.14. The van der Waals surface area contributed by atoms with Crippen molar-refractivity contribution in [2.75, 3.05) is 16.8 Å². The van der Waals surface area contributed by atoms with Gasteiger partial charge in [-0.1, -0.05) is 48.5 Å². The highest BCUT2D eigenvalue weighted by molar-refractivity contribution is 5.96. The highest BCUT2D eigenvalue weighted by Gasteiger charge is 2.33. The Morgan fingerprint density at radius 1 is 1.03 bits per heavy atom. The molecule has 4 rings (SSSR count). The molecule has 0 aliphatic carbocycles. The molecule has 1 heterocycles. The van der Waals surface area contributed by atoms with Crippen LogP contribution in [0.15, 0.2) is 78.9 Å². The third-order valence-electron chi connectivity index (χ3n) is 5.32. The highest BCUT2D eigenvalue weighted by atomic mass is 16.5. The van der Waals surface area contributed by atoms with Crippen LogP contribution in [0.2, 0.25) is 0 Å². The summed E-state index contributed by atoms with van der Waals surface area (Å²) in [4.78, 5) is 15.0. The van der Waals surface area contributed by atoms with E-state index in [9.17, 15) is 4.79 Å². The lowest BCUT2D eigenvalue weighted by molar-refractivity contribution is -0.121. The Kier molecular flexibility index (Phi) is 5.52. The molecule has 3 aromatic carbocycles. The zero-order valence-corrected chi connectivity index (χ0v) is 16.8. The minimum absolute atomic E-state index is 0.0235. The van der Waals surface area contributed by atoms with Crippen molar-refractivity contribution in [3.8, 4) is 5.75 Å². The lowest BCUT2D eigenvalue weighted by atomic mass is 9.91. The largest absolute Gasteiger partial charge is 0.484 e. The molecule has 1 amide bonds. The van der Waals surface area contributed by atoms with Gasteiger partial charge in [0, 0.05) is 17.4 Å². The number of hydrogen-bond acceptors (Lipinski definition) is 3. The van der Waals surface area contributed by atoms with Crippen LogP contribution >= 0.6 is 0 Å². The van der Waals surface area contributed by atoms with Gasteiger partial charge in [-0.2, -0.15) is 0 Å². The summed E-state index contributed by atoms with van der Waals surface area (Å²) >= 11 is 0. The van der Waals surface area contributed by atoms with Gasteiger partial charge in [-0.25, -0.2) is 0 Å². The third-order valence-corrected chi connectivity index (χ3v) is 5.32. The molecule has 1 aliphatic rings. The number of aryl methyl sites for hydroxylation is 1. The van der Waals surface area contributed by atoms with E-state index in [1.165, 1.54) is 0 Å². The van der Waals surface area contributed by atoms with E-state index < -0.39 is 0 Å². The molecule has 148 valence electrons. The summed E-state index contributed by atoms with van der Waals surface area (Å²) in [5.41, 5.74) is 4.29. The first-order chi connectivity index (χ1) is 14.1. The monoisotopic (exact) mass is 386 g/mol. The van der Waals surface area contributed by atoms with E-state index in [-0.39, 0.29) is 24.6 Å². The van der Waals surface area contributed by atoms with Crippen molar-refractivity contribution in [3.05, 3.63) is 90.0 Å². The molecule has 0 radical (unpaired) electrons. The molecule has 0 unspecified atom stereocenters. The molecule has 4 nitrogen and oxygen atoms in total. The zero-order chi connectivity index (χ0) is 20.2. The van der Waals surface area contributed by atoms with Crippen molar-refractivity contribution in [3.63, 3.8) is 0 Å². The fraction of sp³-hybridized carbons (Fsp3) is 0.240. The van der Waals surface area contributed by atoms with Gasteiger partial charge in [0.25, 0.3) is 5.91 Å². The summed E-state index contributed by atoms with van der Waals surface area (Å²) in [7, 11) is 0. The van der Waals surface area contributed by atoms with Gasteiger partial charge >= 0.3 is 0 Å². The number of carbonyl (C=O) groups is 1. The number of rotatable bonds is 5. The summed E-state index contributed by atoms with van der Waals surface area (Å²) in [5, 5.41) is 3.62. The minimum atomic E-state index is -0.0235. The second-order valence-corrected chi connectivity index (χ2v) is 7.58. The highest BCUT2D eigenvalue weighted by Crippen LogP contribution is 2.38. The summed E-state index contributed by atoms with van der Waals surface area (Å²) < 4.78 is 5.78. The molecule has 2 atom stereocenters. The Morgan fingerprint density at radius 3 is 2.59 bits per heavy atom. The second-order valence-electron chi connectivity index (χ2n) is 7.58. The third kappa shape index (κ3) is 4.27. The predicted molar refractivity (Wildman–Crippen MR) is 117 cm³/mol. The lowest BCUT2D eigenvalue weighted by Crippen LogP contribution is -2.46. The lowest BCUT2D eigenvalue weighted by Gasteiger charge is -2.40. The fourth-order valence-electron chi connectivity index (χ4n) is 3.98. The Hall–Kier alpha value is -3.27. The Labute approximate surface area is 172 Å². The standard InChI is InChI=1S/C25H26N2O2/c1-18-9-8-12-21(15-18)29-17-25(28)27-19(2)16-23(22-13-6-7-14-24(22)27)26-20-10-4-3-5-11-20/h3-15,19,23,26H,16-17H2,1-2H3/t19-,23+/m0/s1. The van der Waals surface area contributed by atoms with E-state index in [1.54, 1.807) is 0 Å². The van der Waals surface area contributed by atoms with E-state index in [2.05, 4.69) is 30.4 Å². The van der Waals surface area contributed by atoms with Gasteiger partial charge in [-0.3, -0.25) is 4.79 Å². The normalized spacial score (nSPS) is 18.1. The maximum absolute atomic E-state index is 13.1. The average molecular weight is 386 g/mol. The van der Waals surface area contributed by atoms with Crippen LogP contribution in [0.5, 0.6) is 5.75 Å². The van der Waals surface area contributed by atoms with Crippen LogP contribution in [0.25, 0.3) is 0 Å². The van der Waals surface area contributed by atoms with E-state index in [0.717, 1.165) is 34.7 Å². The van der Waals surface area contributed by atoms with Crippen LogP contribution in [0.1, 0.15) is 30.5 Å². The van der Waals surface area contributed by atoms with Crippen LogP contribution in [0.4, 0.5) is 11.4 Å². The molecule has 29 heavy (non-hydrogen) atoms. The Bertz CT molecular complexity index is 987. The number of ether oxygens (including phenoxy) is 1. The molecule has 0 saturated heterocycles. The van der Waals surface area contributed by atoms with Gasteiger partial charge in [-0.15, -0.1) is 0 Å². The van der Waals surface area contributed by atoms with Crippen LogP contribution < -0.4 is 15.0 Å². The molecule has 0 fully saturated rings. The number of amides is 1. The van der Waals surface area contributed by atoms with E-state index in [0.29, 0.717) is 0 Å². The first-order valence-electron chi connectivity index (χ1n) is 10.0. The van der Waals surface area contributed by atoms with Gasteiger partial charge in [-0.05, 0) is 61.7 Å². The van der Waals surface area contributed by atoms with Crippen molar-refractivity contribution >= 4 is 17.3 Å². The summed E-state index contributed by atoms with van der Waals surface area (Å²) in [6.07, 6.45) is 0.835. The number of fused-ring (bicyclic) bond motifs is 1. The minimum Gasteiger partial charge on any atom is -0.484 e. The maximum atomic E-state index is 13.1. The number of para-hydroxylation sites is 2. The van der Waals surface area contributed by atoms with E-state index in [4.69, 9.17) is 4.74 Å². The zero-order valence-electron chi connectivity index (χ0n) is 16.8. The van der Waals surface area contributed by atoms with Crippen LogP contribution in [0, 0.1) is 6.92 Å². The topological polar surface area (TPSA) is 41.6 Å². The molecule has 0 spiro atoms. The smallest absolute Gasteiger partial charge is 0.265 e. The molecule has 4 heteroatoms. The quantitative estimate of drug-likeness (QED) is 0.642. The molecule has 0 saturated carbocycles. The van der Waals surface area contributed by atoms with Gasteiger partial charge in [0.1, 0.15) is 5.75 Å². The van der Waals surface area contributed by atoms with Gasteiger partial charge in [0.05, 0.1) is 6.04 Å². The van der Waals surface area contributed by atoms with Gasteiger partial charge in [0.2, 0.25) is 0 Å². The van der Waals surface area contributed by atoms with Crippen molar-refractivity contribution in [1.82, 2.24) is 0 Å². The number of hydrogen-bond donors (Lipinski definition) is 1. The summed E-state index contributed by atoms with van der Waals surface area (Å²) in [5.74, 6) is 0.699. The SMILES string of the molecule is Cc1cccc(OCC(=O)N2c3ccccc3[C@H](Nc3ccccc3)C[C@@H]2C)c1. The Morgan fingerprint density at radius 2 is 1.79 bits per heavy atom. The number of nitrogens with zero attached hydrogens (tertiary/aromatic N) is 1. The molecule has 0 bridgehead atoms. The number of benzene rings is 3. The van der Waals surface area contributed by atoms with E-state index >= 15 is 0 Å². The first-order valence-corrected chi connectivity index (χ1v) is 10.0. The Balaban J connectivity index is 1.54. The second kappa shape index (κ2) is 8.39. The maximum Gasteiger partial charge on any atom is 0.265 e. The van der Waals surface area contributed by atoms with Crippen LogP contribution in [-0.2, 0) is 4.79 Å². The van der Waals surface area contributed by atoms with Crippen LogP contribution in [-0.4, -0.2) is 18.6 Å². The molecule has 1 N–H and O–H groups in total. The van der Waals surface area contributed by atoms with Gasteiger partial charge in [0.15, 0.2) is 6.61 Å². The van der Waals surface area contributed by atoms with Crippen molar-refractivity contribution in [1.29, 1.82) is 0 Å². The average Bonchev–Trinajstić information content (AvgIpc) is 2.73. The van der Waals surface area contributed by atoms with Crippen LogP contribution in [0.3, 0.4) is 0 Å². The first kappa shape index (κ1) is 19.1. The van der Waals surface area contributed by atoms with Crippen molar-refractivity contribution in [2.24, 2.45) is 0 Å². The summed E-state index contributed by atoms with van der Waals surface area (Å²) in [6, 6.07) is 26.3. The van der Waals surface area contributed by atoms with Gasteiger partial charge < -0.3 is 15.0 Å². The molecular weight excluding hydrogens is 360 g/mol. The predicted octanol–water partition coefficient (Wildman–Crippen LogP) is 5.35. The number of carbonyl (C=O) groups excluding carboxylic acids is 1. The molecule has 1 aliphatic heterocycles. The van der Waals surface area contributed by atoms with E-state index in [1.807, 2.05) is 72.5 Å². The molecular formula is C25H26N2O2. The van der Waals surface area contributed by atoms with Crippen molar-refractivity contribution in [2.45, 2.75) is 32.4 Å². The molecule has 0 aromatic heterocycles. The fourth-order valence-corrected chi connectivity index (χ4v) is 3.98. The van der Waals surface area contributed by atoms with Crippen molar-refractivity contribution < 1.29 is 9.53 Å².